The van der Waals surface area contributed by atoms with Crippen LogP contribution in [-0.4, -0.2) is 35.4 Å². The number of rotatable bonds is 4. The Hall–Kier alpha value is -1.58. The molecule has 1 atom stereocenters. The van der Waals surface area contributed by atoms with Crippen LogP contribution in [0.15, 0.2) is 18.3 Å². The summed E-state index contributed by atoms with van der Waals surface area (Å²) in [7, 11) is 0. The number of nitrogens with one attached hydrogen (secondary N) is 1. The van der Waals surface area contributed by atoms with Crippen LogP contribution in [0, 0.1) is 5.92 Å². The molecule has 4 nitrogen and oxygen atoms in total. The fourth-order valence-electron chi connectivity index (χ4n) is 2.61. The maximum Gasteiger partial charge on any atom is 0.272 e. The summed E-state index contributed by atoms with van der Waals surface area (Å²) in [6, 6.07) is 3.74. The van der Waals surface area contributed by atoms with Crippen LogP contribution in [0.1, 0.15) is 43.6 Å². The molecular weight excluding hydrogens is 238 g/mol. The van der Waals surface area contributed by atoms with Gasteiger partial charge in [-0.3, -0.25) is 9.78 Å². The van der Waals surface area contributed by atoms with Gasteiger partial charge in [0.2, 0.25) is 0 Å². The molecule has 1 saturated heterocycles. The minimum atomic E-state index is 0.0675. The van der Waals surface area contributed by atoms with Crippen molar-refractivity contribution in [1.29, 1.82) is 0 Å². The Bertz CT molecular complexity index is 433. The lowest BCUT2D eigenvalue weighted by molar-refractivity contribution is 0.0665. The lowest BCUT2D eigenvalue weighted by Crippen LogP contribution is -2.40. The highest BCUT2D eigenvalue weighted by molar-refractivity contribution is 5.93. The molecule has 1 aromatic rings. The SMILES string of the molecule is CCNc1ccnc(C(=O)N2CCCC(CC)C2)c1. The number of nitrogens with zero attached hydrogens (tertiary/aromatic N) is 2. The fraction of sp³-hybridized carbons (Fsp3) is 0.600. The van der Waals surface area contributed by atoms with Gasteiger partial charge in [-0.2, -0.15) is 0 Å². The zero-order valence-corrected chi connectivity index (χ0v) is 11.9. The topological polar surface area (TPSA) is 45.2 Å². The third-order valence-electron chi connectivity index (χ3n) is 3.74. The van der Waals surface area contributed by atoms with Gasteiger partial charge in [0.05, 0.1) is 0 Å². The molecule has 1 N–H and O–H groups in total. The van der Waals surface area contributed by atoms with Gasteiger partial charge in [-0.1, -0.05) is 13.3 Å². The third-order valence-corrected chi connectivity index (χ3v) is 3.74. The quantitative estimate of drug-likeness (QED) is 0.906. The number of anilines is 1. The second-order valence-corrected chi connectivity index (χ2v) is 5.13. The molecule has 0 aromatic carbocycles. The smallest absolute Gasteiger partial charge is 0.272 e. The average Bonchev–Trinajstić information content (AvgIpc) is 2.47. The predicted octanol–water partition coefficient (Wildman–Crippen LogP) is 2.78. The van der Waals surface area contributed by atoms with Gasteiger partial charge in [0.15, 0.2) is 0 Å². The number of carbonyl (C=O) groups excluding carboxylic acids is 1. The second-order valence-electron chi connectivity index (χ2n) is 5.13. The van der Waals surface area contributed by atoms with Gasteiger partial charge in [0, 0.05) is 31.5 Å². The Morgan fingerprint density at radius 1 is 1.53 bits per heavy atom. The summed E-state index contributed by atoms with van der Waals surface area (Å²) in [6.07, 6.45) is 5.20. The molecule has 0 bridgehead atoms. The first kappa shape index (κ1) is 13.8. The van der Waals surface area contributed by atoms with Crippen LogP contribution in [0.25, 0.3) is 0 Å². The van der Waals surface area contributed by atoms with E-state index in [1.165, 1.54) is 6.42 Å². The molecule has 1 aromatic heterocycles. The Balaban J connectivity index is 2.08. The van der Waals surface area contributed by atoms with E-state index in [0.29, 0.717) is 11.6 Å². The Kier molecular flexibility index (Phi) is 4.77. The van der Waals surface area contributed by atoms with E-state index in [1.807, 2.05) is 24.0 Å². The van der Waals surface area contributed by atoms with Crippen molar-refractivity contribution in [3.8, 4) is 0 Å². The van der Waals surface area contributed by atoms with Crippen LogP contribution in [0.2, 0.25) is 0 Å². The van der Waals surface area contributed by atoms with Crippen LogP contribution < -0.4 is 5.32 Å². The number of aromatic nitrogens is 1. The third kappa shape index (κ3) is 3.46. The summed E-state index contributed by atoms with van der Waals surface area (Å²) in [4.78, 5) is 18.6. The van der Waals surface area contributed by atoms with E-state index in [2.05, 4.69) is 17.2 Å². The van der Waals surface area contributed by atoms with Crippen LogP contribution >= 0.6 is 0 Å². The lowest BCUT2D eigenvalue weighted by atomic mass is 9.95. The van der Waals surface area contributed by atoms with Crippen LogP contribution in [0.5, 0.6) is 0 Å². The standard InChI is InChI=1S/C15H23N3O/c1-3-12-6-5-9-18(11-12)15(19)14-10-13(16-4-2)7-8-17-14/h7-8,10,12H,3-6,9,11H2,1-2H3,(H,16,17). The molecule has 104 valence electrons. The second kappa shape index (κ2) is 6.55. The van der Waals surface area contributed by atoms with Crippen molar-refractivity contribution in [1.82, 2.24) is 9.88 Å². The molecule has 0 radical (unpaired) electrons. The first-order chi connectivity index (χ1) is 9.24. The zero-order valence-electron chi connectivity index (χ0n) is 11.9. The van der Waals surface area contributed by atoms with E-state index < -0.39 is 0 Å². The number of pyridine rings is 1. The predicted molar refractivity (Wildman–Crippen MR) is 77.3 cm³/mol. The van der Waals surface area contributed by atoms with Crippen molar-refractivity contribution >= 4 is 11.6 Å². The molecular formula is C15H23N3O. The molecule has 1 aliphatic rings. The van der Waals surface area contributed by atoms with E-state index in [9.17, 15) is 4.79 Å². The summed E-state index contributed by atoms with van der Waals surface area (Å²) in [5.74, 6) is 0.715. The minimum absolute atomic E-state index is 0.0675. The van der Waals surface area contributed by atoms with Crippen LogP contribution in [0.3, 0.4) is 0 Å². The highest BCUT2D eigenvalue weighted by Gasteiger charge is 2.24. The number of amides is 1. The number of piperidine rings is 1. The Morgan fingerprint density at radius 3 is 3.11 bits per heavy atom. The van der Waals surface area contributed by atoms with Crippen molar-refractivity contribution in [2.24, 2.45) is 5.92 Å². The summed E-state index contributed by atoms with van der Waals surface area (Å²) >= 11 is 0. The van der Waals surface area contributed by atoms with Crippen molar-refractivity contribution in [3.05, 3.63) is 24.0 Å². The van der Waals surface area contributed by atoms with Gasteiger partial charge < -0.3 is 10.2 Å². The molecule has 1 unspecified atom stereocenters. The molecule has 2 heterocycles. The van der Waals surface area contributed by atoms with Crippen molar-refractivity contribution in [3.63, 3.8) is 0 Å². The summed E-state index contributed by atoms with van der Waals surface area (Å²) < 4.78 is 0. The van der Waals surface area contributed by atoms with Crippen LogP contribution in [-0.2, 0) is 0 Å². The molecule has 1 fully saturated rings. The highest BCUT2D eigenvalue weighted by Crippen LogP contribution is 2.21. The van der Waals surface area contributed by atoms with Crippen molar-refractivity contribution in [2.45, 2.75) is 33.1 Å². The normalized spacial score (nSPS) is 19.3. The van der Waals surface area contributed by atoms with E-state index >= 15 is 0 Å². The molecule has 1 aliphatic heterocycles. The van der Waals surface area contributed by atoms with E-state index in [4.69, 9.17) is 0 Å². The summed E-state index contributed by atoms with van der Waals surface area (Å²) in [6.45, 7) is 6.82. The van der Waals surface area contributed by atoms with E-state index in [1.54, 1.807) is 6.20 Å². The van der Waals surface area contributed by atoms with Crippen LogP contribution in [0.4, 0.5) is 5.69 Å². The first-order valence-corrected chi connectivity index (χ1v) is 7.23. The molecule has 19 heavy (non-hydrogen) atoms. The molecule has 0 spiro atoms. The summed E-state index contributed by atoms with van der Waals surface area (Å²) in [5.41, 5.74) is 1.51. The Morgan fingerprint density at radius 2 is 2.37 bits per heavy atom. The monoisotopic (exact) mass is 261 g/mol. The lowest BCUT2D eigenvalue weighted by Gasteiger charge is -2.32. The van der Waals surface area contributed by atoms with E-state index in [-0.39, 0.29) is 5.91 Å². The molecule has 0 aliphatic carbocycles. The van der Waals surface area contributed by atoms with Crippen molar-refractivity contribution in [2.75, 3.05) is 25.0 Å². The zero-order chi connectivity index (χ0) is 13.7. The molecule has 4 heteroatoms. The molecule has 1 amide bonds. The number of likely N-dealkylation sites (tertiary alicyclic amines) is 1. The first-order valence-electron chi connectivity index (χ1n) is 7.23. The Labute approximate surface area is 115 Å². The largest absolute Gasteiger partial charge is 0.385 e. The highest BCUT2D eigenvalue weighted by atomic mass is 16.2. The minimum Gasteiger partial charge on any atom is -0.385 e. The van der Waals surface area contributed by atoms with Gasteiger partial charge in [-0.15, -0.1) is 0 Å². The molecule has 2 rings (SSSR count). The van der Waals surface area contributed by atoms with Gasteiger partial charge in [0.25, 0.3) is 5.91 Å². The maximum atomic E-state index is 12.5. The van der Waals surface area contributed by atoms with Gasteiger partial charge in [-0.25, -0.2) is 0 Å². The van der Waals surface area contributed by atoms with Gasteiger partial charge >= 0.3 is 0 Å². The number of hydrogen-bond donors (Lipinski definition) is 1. The van der Waals surface area contributed by atoms with Gasteiger partial charge in [-0.05, 0) is 37.8 Å². The summed E-state index contributed by atoms with van der Waals surface area (Å²) in [5, 5.41) is 3.21. The maximum absolute atomic E-state index is 12.5. The fourth-order valence-corrected chi connectivity index (χ4v) is 2.61. The van der Waals surface area contributed by atoms with Crippen molar-refractivity contribution < 1.29 is 4.79 Å². The van der Waals surface area contributed by atoms with E-state index in [0.717, 1.165) is 38.2 Å². The average molecular weight is 261 g/mol. The number of carbonyl (C=O) groups is 1. The van der Waals surface area contributed by atoms with Gasteiger partial charge in [0.1, 0.15) is 5.69 Å². The molecule has 0 saturated carbocycles. The number of hydrogen-bond acceptors (Lipinski definition) is 3.